The molecule has 0 atom stereocenters. The van der Waals surface area contributed by atoms with Crippen LogP contribution in [0.2, 0.25) is 0 Å². The third kappa shape index (κ3) is 4.33. The van der Waals surface area contributed by atoms with Crippen LogP contribution in [0.25, 0.3) is 69.6 Å². The number of furan rings is 1. The SMILES string of the molecule is c1ccc(C2=NC(c3cccc4oc5cc6c(cc5c34)sc3cccc(-n4c5ccccc5c5ccccc54)c36)N=C(c3ccccc3)N2)cc1. The van der Waals surface area contributed by atoms with E-state index in [2.05, 4.69) is 131 Å². The van der Waals surface area contributed by atoms with Gasteiger partial charge in [0.1, 0.15) is 22.8 Å². The number of hydrogen-bond acceptors (Lipinski definition) is 5. The van der Waals surface area contributed by atoms with Gasteiger partial charge in [-0.05, 0) is 42.5 Å². The van der Waals surface area contributed by atoms with Gasteiger partial charge in [-0.1, -0.05) is 115 Å². The first-order valence-electron chi connectivity index (χ1n) is 17.1. The van der Waals surface area contributed by atoms with Crippen LogP contribution in [0.15, 0.2) is 172 Å². The molecule has 0 radical (unpaired) electrons. The Hall–Kier alpha value is -6.50. The quantitative estimate of drug-likeness (QED) is 0.202. The van der Waals surface area contributed by atoms with Crippen molar-refractivity contribution in [3.05, 3.63) is 174 Å². The molecule has 0 spiro atoms. The Kier molecular flexibility index (Phi) is 6.12. The smallest absolute Gasteiger partial charge is 0.170 e. The molecule has 4 heterocycles. The molecule has 7 aromatic carbocycles. The van der Waals surface area contributed by atoms with Gasteiger partial charge in [0.05, 0.1) is 16.7 Å². The van der Waals surface area contributed by atoms with Gasteiger partial charge in [0.2, 0.25) is 0 Å². The fraction of sp³-hybridized carbons (Fsp3) is 0.0222. The molecule has 0 saturated heterocycles. The lowest BCUT2D eigenvalue weighted by molar-refractivity contribution is 0.668. The standard InChI is InChI=1S/C45H28N4OS/c1-3-13-27(14-4-1)43-46-44(28-15-5-2-6-16-28)48-45(47-43)31-19-11-23-37-41(31)32-26-40-33(25-38(32)50-37)42-36(22-12-24-39(42)51-40)49-34-20-9-7-17-29(34)30-18-8-10-21-35(30)49/h1-26,45H,(H,46,47,48). The maximum atomic E-state index is 6.69. The Morgan fingerprint density at radius 3 is 1.82 bits per heavy atom. The first kappa shape index (κ1) is 28.3. The number of thiophene rings is 1. The third-order valence-electron chi connectivity index (χ3n) is 10.1. The Bertz CT molecular complexity index is 2950. The Labute approximate surface area is 296 Å². The van der Waals surface area contributed by atoms with Gasteiger partial charge in [0.15, 0.2) is 6.17 Å². The summed E-state index contributed by atoms with van der Waals surface area (Å²) in [6.45, 7) is 0. The highest BCUT2D eigenvalue weighted by atomic mass is 32.1. The van der Waals surface area contributed by atoms with Crippen molar-refractivity contribution in [3.63, 3.8) is 0 Å². The minimum atomic E-state index is -0.457. The van der Waals surface area contributed by atoms with Gasteiger partial charge in [-0.2, -0.15) is 0 Å². The van der Waals surface area contributed by atoms with Crippen LogP contribution in [-0.4, -0.2) is 16.2 Å². The van der Waals surface area contributed by atoms with E-state index in [0.29, 0.717) is 0 Å². The molecule has 0 aliphatic carbocycles. The molecule has 11 rings (SSSR count). The van der Waals surface area contributed by atoms with Crippen LogP contribution in [0.4, 0.5) is 0 Å². The van der Waals surface area contributed by atoms with Gasteiger partial charge >= 0.3 is 0 Å². The van der Waals surface area contributed by atoms with Gasteiger partial charge in [0.25, 0.3) is 0 Å². The van der Waals surface area contributed by atoms with Crippen molar-refractivity contribution in [1.29, 1.82) is 0 Å². The van der Waals surface area contributed by atoms with E-state index in [-0.39, 0.29) is 0 Å². The van der Waals surface area contributed by atoms with E-state index in [1.807, 2.05) is 47.7 Å². The largest absolute Gasteiger partial charge is 0.456 e. The van der Waals surface area contributed by atoms with Crippen LogP contribution >= 0.6 is 11.3 Å². The van der Waals surface area contributed by atoms with Crippen molar-refractivity contribution in [2.24, 2.45) is 9.98 Å². The normalized spacial score (nSPS) is 13.8. The molecule has 6 heteroatoms. The number of aliphatic imine (C=N–C) groups is 2. The number of aromatic nitrogens is 1. The molecule has 0 bridgehead atoms. The van der Waals surface area contributed by atoms with Gasteiger partial charge in [0, 0.05) is 58.4 Å². The second-order valence-corrected chi connectivity index (χ2v) is 14.1. The van der Waals surface area contributed by atoms with E-state index >= 15 is 0 Å². The fourth-order valence-electron chi connectivity index (χ4n) is 7.81. The van der Waals surface area contributed by atoms with Gasteiger partial charge < -0.3 is 14.3 Å². The van der Waals surface area contributed by atoms with Crippen molar-refractivity contribution in [2.45, 2.75) is 6.17 Å². The Morgan fingerprint density at radius 2 is 1.14 bits per heavy atom. The molecule has 3 aromatic heterocycles. The highest BCUT2D eigenvalue weighted by Crippen LogP contribution is 2.45. The summed E-state index contributed by atoms with van der Waals surface area (Å²) in [5, 5.41) is 10.6. The summed E-state index contributed by atoms with van der Waals surface area (Å²) in [7, 11) is 0. The van der Waals surface area contributed by atoms with Crippen LogP contribution < -0.4 is 5.32 Å². The summed E-state index contributed by atoms with van der Waals surface area (Å²) in [5.74, 6) is 1.59. The van der Waals surface area contributed by atoms with E-state index in [0.717, 1.165) is 50.3 Å². The highest BCUT2D eigenvalue weighted by Gasteiger charge is 2.25. The van der Waals surface area contributed by atoms with Crippen LogP contribution in [0, 0.1) is 0 Å². The fourth-order valence-corrected chi connectivity index (χ4v) is 8.96. The predicted molar refractivity (Wildman–Crippen MR) is 213 cm³/mol. The van der Waals surface area contributed by atoms with Gasteiger partial charge in [-0.25, -0.2) is 9.98 Å². The number of benzene rings is 7. The number of fused-ring (bicyclic) bond motifs is 9. The minimum Gasteiger partial charge on any atom is -0.456 e. The number of nitrogens with one attached hydrogen (secondary N) is 1. The summed E-state index contributed by atoms with van der Waals surface area (Å²) >= 11 is 1.83. The number of para-hydroxylation sites is 2. The maximum absolute atomic E-state index is 6.69. The van der Waals surface area contributed by atoms with Crippen LogP contribution in [0.5, 0.6) is 0 Å². The average molecular weight is 673 g/mol. The van der Waals surface area contributed by atoms with Crippen molar-refractivity contribution < 1.29 is 4.42 Å². The number of nitrogens with zero attached hydrogens (tertiary/aromatic N) is 3. The molecular formula is C45H28N4OS. The lowest BCUT2D eigenvalue weighted by atomic mass is 10.0. The molecule has 5 nitrogen and oxygen atoms in total. The highest BCUT2D eigenvalue weighted by molar-refractivity contribution is 7.26. The Balaban J connectivity index is 1.14. The molecule has 1 aliphatic rings. The van der Waals surface area contributed by atoms with Crippen LogP contribution in [-0.2, 0) is 0 Å². The zero-order valence-corrected chi connectivity index (χ0v) is 28.1. The average Bonchev–Trinajstić information content (AvgIpc) is 3.86. The molecule has 240 valence electrons. The van der Waals surface area contributed by atoms with Crippen molar-refractivity contribution in [3.8, 4) is 5.69 Å². The molecule has 1 N–H and O–H groups in total. The lowest BCUT2D eigenvalue weighted by Gasteiger charge is -2.22. The van der Waals surface area contributed by atoms with Crippen LogP contribution in [0.1, 0.15) is 22.9 Å². The first-order chi connectivity index (χ1) is 25.3. The molecule has 0 amide bonds. The lowest BCUT2D eigenvalue weighted by Crippen LogP contribution is -2.36. The van der Waals surface area contributed by atoms with E-state index in [1.54, 1.807) is 0 Å². The molecular weight excluding hydrogens is 645 g/mol. The van der Waals surface area contributed by atoms with Crippen molar-refractivity contribution >= 4 is 86.9 Å². The molecule has 0 fully saturated rings. The van der Waals surface area contributed by atoms with Crippen LogP contribution in [0.3, 0.4) is 0 Å². The summed E-state index contributed by atoms with van der Waals surface area (Å²) in [5.41, 5.74) is 8.31. The van der Waals surface area contributed by atoms with Gasteiger partial charge in [-0.15, -0.1) is 11.3 Å². The second kappa shape index (κ2) is 11.0. The summed E-state index contributed by atoms with van der Waals surface area (Å²) in [6, 6.07) is 55.4. The number of rotatable bonds is 4. The molecule has 0 saturated carbocycles. The van der Waals surface area contributed by atoms with E-state index in [9.17, 15) is 0 Å². The topological polar surface area (TPSA) is 54.8 Å². The third-order valence-corrected chi connectivity index (χ3v) is 11.2. The monoisotopic (exact) mass is 672 g/mol. The first-order valence-corrected chi connectivity index (χ1v) is 17.9. The van der Waals surface area contributed by atoms with E-state index in [1.165, 1.54) is 47.7 Å². The molecule has 10 aromatic rings. The summed E-state index contributed by atoms with van der Waals surface area (Å²) in [4.78, 5) is 10.4. The number of hydrogen-bond donors (Lipinski definition) is 1. The van der Waals surface area contributed by atoms with Crippen molar-refractivity contribution in [1.82, 2.24) is 9.88 Å². The Morgan fingerprint density at radius 1 is 0.510 bits per heavy atom. The van der Waals surface area contributed by atoms with Crippen molar-refractivity contribution in [2.75, 3.05) is 0 Å². The maximum Gasteiger partial charge on any atom is 0.170 e. The second-order valence-electron chi connectivity index (χ2n) is 13.0. The van der Waals surface area contributed by atoms with E-state index in [4.69, 9.17) is 14.4 Å². The minimum absolute atomic E-state index is 0.457. The van der Waals surface area contributed by atoms with E-state index < -0.39 is 6.17 Å². The summed E-state index contributed by atoms with van der Waals surface area (Å²) in [6.07, 6.45) is -0.457. The summed E-state index contributed by atoms with van der Waals surface area (Å²) < 4.78 is 11.6. The molecule has 51 heavy (non-hydrogen) atoms. The molecule has 1 aliphatic heterocycles. The zero-order valence-electron chi connectivity index (χ0n) is 27.2. The zero-order chi connectivity index (χ0) is 33.5. The molecule has 0 unspecified atom stereocenters. The van der Waals surface area contributed by atoms with Gasteiger partial charge in [-0.3, -0.25) is 0 Å². The number of amidine groups is 2. The predicted octanol–water partition coefficient (Wildman–Crippen LogP) is 11.5.